The molecule has 0 aliphatic heterocycles. The van der Waals surface area contributed by atoms with Crippen molar-refractivity contribution in [2.24, 2.45) is 5.10 Å². The molecule has 0 aliphatic rings. The van der Waals surface area contributed by atoms with Gasteiger partial charge >= 0.3 is 5.97 Å². The molecule has 4 aromatic rings. The molecule has 0 aliphatic carbocycles. The lowest BCUT2D eigenvalue weighted by Crippen LogP contribution is -2.33. The summed E-state index contributed by atoms with van der Waals surface area (Å²) < 4.78 is 16.9. The number of hydrogen-bond donors (Lipinski definition) is 1. The molecule has 0 saturated heterocycles. The first-order chi connectivity index (χ1) is 18.5. The van der Waals surface area contributed by atoms with Crippen LogP contribution >= 0.6 is 0 Å². The molecule has 4 aromatic carbocycles. The van der Waals surface area contributed by atoms with Crippen molar-refractivity contribution in [3.05, 3.63) is 102 Å². The molecule has 1 N–H and O–H groups in total. The quantitative estimate of drug-likeness (QED) is 0.0859. The number of benzene rings is 4. The minimum Gasteiger partial charge on any atom is -0.494 e. The third kappa shape index (κ3) is 7.20. The van der Waals surface area contributed by atoms with Crippen LogP contribution in [0.15, 0.2) is 96.1 Å². The standard InChI is InChI=1S/C31H30N2O5/c1-3-4-20-36-26-18-14-25(15-19-26)31(35)38-27-16-12-23(13-17-27)21-32-33-30(34)22(2)37-29-11-7-9-24-8-5-6-10-28(24)29/h5-19,21-22H,3-4,20H2,1-2H3,(H,33,34)/b32-21-/t22-/m0/s1. The molecule has 0 radical (unpaired) electrons. The Balaban J connectivity index is 1.26. The zero-order valence-corrected chi connectivity index (χ0v) is 21.4. The molecular weight excluding hydrogens is 480 g/mol. The van der Waals surface area contributed by atoms with E-state index in [1.807, 2.05) is 42.5 Å². The Bertz CT molecular complexity index is 1390. The molecule has 0 unspecified atom stereocenters. The molecule has 0 spiro atoms. The Morgan fingerprint density at radius 3 is 2.37 bits per heavy atom. The Labute approximate surface area is 222 Å². The first-order valence-corrected chi connectivity index (χ1v) is 12.6. The predicted molar refractivity (Wildman–Crippen MR) is 148 cm³/mol. The van der Waals surface area contributed by atoms with E-state index in [1.165, 1.54) is 6.21 Å². The van der Waals surface area contributed by atoms with Crippen LogP contribution in [0.3, 0.4) is 0 Å². The van der Waals surface area contributed by atoms with Crippen LogP contribution in [0.2, 0.25) is 0 Å². The van der Waals surface area contributed by atoms with Gasteiger partial charge in [-0.25, -0.2) is 10.2 Å². The van der Waals surface area contributed by atoms with Gasteiger partial charge in [-0.3, -0.25) is 4.79 Å². The lowest BCUT2D eigenvalue weighted by atomic mass is 10.1. The largest absolute Gasteiger partial charge is 0.494 e. The molecule has 7 heteroatoms. The predicted octanol–water partition coefficient (Wildman–Crippen LogP) is 6.16. The summed E-state index contributed by atoms with van der Waals surface area (Å²) in [6.07, 6.45) is 2.81. The number of esters is 1. The second-order valence-corrected chi connectivity index (χ2v) is 8.66. The molecule has 7 nitrogen and oxygen atoms in total. The number of nitrogens with one attached hydrogen (secondary N) is 1. The summed E-state index contributed by atoms with van der Waals surface area (Å²) in [5.41, 5.74) is 3.65. The van der Waals surface area contributed by atoms with Gasteiger partial charge in [-0.2, -0.15) is 5.10 Å². The highest BCUT2D eigenvalue weighted by atomic mass is 16.5. The SMILES string of the molecule is CCCCOc1ccc(C(=O)Oc2ccc(/C=N\NC(=O)[C@H](C)Oc3cccc4ccccc34)cc2)cc1. The highest BCUT2D eigenvalue weighted by Gasteiger charge is 2.15. The number of nitrogens with zero attached hydrogens (tertiary/aromatic N) is 1. The number of ether oxygens (including phenoxy) is 3. The van der Waals surface area contributed by atoms with E-state index >= 15 is 0 Å². The second kappa shape index (κ2) is 13.1. The van der Waals surface area contributed by atoms with Gasteiger partial charge in [0.25, 0.3) is 5.91 Å². The lowest BCUT2D eigenvalue weighted by Gasteiger charge is -2.14. The minimum absolute atomic E-state index is 0.374. The molecule has 0 aromatic heterocycles. The van der Waals surface area contributed by atoms with Crippen molar-refractivity contribution in [1.82, 2.24) is 5.43 Å². The average Bonchev–Trinajstić information content (AvgIpc) is 2.94. The van der Waals surface area contributed by atoms with Crippen LogP contribution in [0.1, 0.15) is 42.6 Å². The van der Waals surface area contributed by atoms with Crippen LogP contribution < -0.4 is 19.6 Å². The van der Waals surface area contributed by atoms with Gasteiger partial charge in [0.1, 0.15) is 17.2 Å². The zero-order chi connectivity index (χ0) is 26.7. The topological polar surface area (TPSA) is 86.2 Å². The van der Waals surface area contributed by atoms with Gasteiger partial charge in [-0.1, -0.05) is 49.7 Å². The van der Waals surface area contributed by atoms with E-state index in [0.717, 1.165) is 34.9 Å². The highest BCUT2D eigenvalue weighted by molar-refractivity contribution is 5.91. The summed E-state index contributed by atoms with van der Waals surface area (Å²) in [6.45, 7) is 4.42. The van der Waals surface area contributed by atoms with Crippen molar-refractivity contribution in [2.45, 2.75) is 32.8 Å². The average molecular weight is 511 g/mol. The molecule has 1 atom stereocenters. The van der Waals surface area contributed by atoms with Crippen molar-refractivity contribution in [3.63, 3.8) is 0 Å². The van der Waals surface area contributed by atoms with Crippen molar-refractivity contribution < 1.29 is 23.8 Å². The minimum atomic E-state index is -0.739. The molecule has 194 valence electrons. The summed E-state index contributed by atoms with van der Waals surface area (Å²) in [5, 5.41) is 5.99. The Kier molecular flexibility index (Phi) is 9.07. The van der Waals surface area contributed by atoms with E-state index in [-0.39, 0.29) is 5.91 Å². The van der Waals surface area contributed by atoms with E-state index in [2.05, 4.69) is 17.5 Å². The number of unbranched alkanes of at least 4 members (excludes halogenated alkanes) is 1. The van der Waals surface area contributed by atoms with Crippen molar-refractivity contribution >= 4 is 28.9 Å². The van der Waals surface area contributed by atoms with Crippen LogP contribution in [-0.4, -0.2) is 30.8 Å². The third-order valence-electron chi connectivity index (χ3n) is 5.76. The van der Waals surface area contributed by atoms with E-state index in [4.69, 9.17) is 14.2 Å². The fraction of sp³-hybridized carbons (Fsp3) is 0.194. The first-order valence-electron chi connectivity index (χ1n) is 12.6. The van der Waals surface area contributed by atoms with Gasteiger partial charge in [0.15, 0.2) is 6.10 Å². The van der Waals surface area contributed by atoms with Gasteiger partial charge in [0.2, 0.25) is 0 Å². The number of fused-ring (bicyclic) bond motifs is 1. The zero-order valence-electron chi connectivity index (χ0n) is 21.4. The molecule has 1 amide bonds. The molecule has 0 saturated carbocycles. The number of hydrogen-bond acceptors (Lipinski definition) is 6. The van der Waals surface area contributed by atoms with E-state index < -0.39 is 12.1 Å². The number of rotatable bonds is 11. The van der Waals surface area contributed by atoms with Crippen molar-refractivity contribution in [3.8, 4) is 17.2 Å². The van der Waals surface area contributed by atoms with Crippen LogP contribution in [0.4, 0.5) is 0 Å². The third-order valence-corrected chi connectivity index (χ3v) is 5.76. The van der Waals surface area contributed by atoms with Gasteiger partial charge < -0.3 is 14.2 Å². The second-order valence-electron chi connectivity index (χ2n) is 8.66. The molecule has 38 heavy (non-hydrogen) atoms. The Hall–Kier alpha value is -4.65. The maximum absolute atomic E-state index is 12.5. The molecular formula is C31H30N2O5. The van der Waals surface area contributed by atoms with Gasteiger partial charge in [0.05, 0.1) is 18.4 Å². The van der Waals surface area contributed by atoms with Crippen LogP contribution in [0, 0.1) is 0 Å². The fourth-order valence-electron chi connectivity index (χ4n) is 3.61. The summed E-state index contributed by atoms with van der Waals surface area (Å²) in [4.78, 5) is 24.9. The van der Waals surface area contributed by atoms with Crippen LogP contribution in [0.25, 0.3) is 10.8 Å². The first kappa shape index (κ1) is 26.4. The van der Waals surface area contributed by atoms with E-state index in [0.29, 0.717) is 23.7 Å². The van der Waals surface area contributed by atoms with E-state index in [1.54, 1.807) is 55.5 Å². The maximum atomic E-state index is 12.5. The molecule has 4 rings (SSSR count). The molecule has 0 heterocycles. The smallest absolute Gasteiger partial charge is 0.343 e. The number of carbonyl (C=O) groups is 2. The summed E-state index contributed by atoms with van der Waals surface area (Å²) in [6, 6.07) is 27.2. The number of carbonyl (C=O) groups excluding carboxylic acids is 2. The van der Waals surface area contributed by atoms with Crippen LogP contribution in [-0.2, 0) is 4.79 Å². The summed E-state index contributed by atoms with van der Waals surface area (Å²) in [7, 11) is 0. The normalized spacial score (nSPS) is 11.7. The number of hydrazone groups is 1. The van der Waals surface area contributed by atoms with Gasteiger partial charge in [-0.15, -0.1) is 0 Å². The van der Waals surface area contributed by atoms with Crippen molar-refractivity contribution in [1.29, 1.82) is 0 Å². The summed E-state index contributed by atoms with van der Waals surface area (Å²) >= 11 is 0. The molecule has 0 bridgehead atoms. The maximum Gasteiger partial charge on any atom is 0.343 e. The summed E-state index contributed by atoms with van der Waals surface area (Å²) in [5.74, 6) is 0.924. The monoisotopic (exact) mass is 510 g/mol. The van der Waals surface area contributed by atoms with Crippen LogP contribution in [0.5, 0.6) is 17.2 Å². The van der Waals surface area contributed by atoms with E-state index in [9.17, 15) is 9.59 Å². The number of amides is 1. The lowest BCUT2D eigenvalue weighted by molar-refractivity contribution is -0.127. The van der Waals surface area contributed by atoms with Gasteiger partial charge in [-0.05, 0) is 78.9 Å². The van der Waals surface area contributed by atoms with Gasteiger partial charge in [0, 0.05) is 5.39 Å². The highest BCUT2D eigenvalue weighted by Crippen LogP contribution is 2.26. The fourth-order valence-corrected chi connectivity index (χ4v) is 3.61. The molecule has 0 fully saturated rings. The Morgan fingerprint density at radius 2 is 1.61 bits per heavy atom. The van der Waals surface area contributed by atoms with Crippen molar-refractivity contribution in [2.75, 3.05) is 6.61 Å². The Morgan fingerprint density at radius 1 is 0.895 bits per heavy atom.